The number of halogens is 1. The number of hydrogen-bond acceptors (Lipinski definition) is 2. The van der Waals surface area contributed by atoms with Crippen molar-refractivity contribution in [2.75, 3.05) is 26.2 Å². The van der Waals surface area contributed by atoms with Gasteiger partial charge in [-0.05, 0) is 43.6 Å². The van der Waals surface area contributed by atoms with Crippen LogP contribution in [0, 0.1) is 0 Å². The zero-order chi connectivity index (χ0) is 15.1. The maximum Gasteiger partial charge on any atom is 0.0932 e. The van der Waals surface area contributed by atoms with Crippen molar-refractivity contribution in [2.24, 2.45) is 0 Å². The Labute approximate surface area is 134 Å². The molecule has 2 rings (SSSR count). The van der Waals surface area contributed by atoms with Crippen LogP contribution in [0.2, 0.25) is 5.02 Å². The predicted octanol–water partition coefficient (Wildman–Crippen LogP) is 4.86. The van der Waals surface area contributed by atoms with Gasteiger partial charge in [0.05, 0.1) is 12.2 Å². The van der Waals surface area contributed by atoms with Crippen LogP contribution < -0.4 is 0 Å². The van der Waals surface area contributed by atoms with E-state index in [0.29, 0.717) is 0 Å². The van der Waals surface area contributed by atoms with Crippen LogP contribution in [0.25, 0.3) is 0 Å². The molecule has 2 nitrogen and oxygen atoms in total. The van der Waals surface area contributed by atoms with Crippen molar-refractivity contribution >= 4 is 11.6 Å². The number of likely N-dealkylation sites (N-methyl/N-ethyl adjacent to an activating group) is 1. The van der Waals surface area contributed by atoms with Crippen molar-refractivity contribution in [1.82, 2.24) is 4.90 Å². The van der Waals surface area contributed by atoms with E-state index in [1.165, 1.54) is 24.8 Å². The lowest BCUT2D eigenvalue weighted by Crippen LogP contribution is -2.36. The number of hydrogen-bond donors (Lipinski definition) is 0. The third-order valence-corrected chi connectivity index (χ3v) is 4.96. The topological polar surface area (TPSA) is 12.5 Å². The smallest absolute Gasteiger partial charge is 0.0932 e. The highest BCUT2D eigenvalue weighted by Gasteiger charge is 2.34. The molecule has 0 saturated heterocycles. The molecule has 1 saturated carbocycles. The SMILES string of the molecule is CCN(CC)CCOC1(c2ccc(Cl)cc2)CCCCC1. The van der Waals surface area contributed by atoms with Crippen LogP contribution in [0.4, 0.5) is 0 Å². The predicted molar refractivity (Wildman–Crippen MR) is 90.0 cm³/mol. The maximum atomic E-state index is 6.45. The molecular formula is C18H28ClNO. The minimum absolute atomic E-state index is 0.0873. The molecule has 0 spiro atoms. The first-order valence-corrected chi connectivity index (χ1v) is 8.70. The molecule has 118 valence electrons. The lowest BCUT2D eigenvalue weighted by atomic mass is 9.79. The second-order valence-corrected chi connectivity index (χ2v) is 6.37. The van der Waals surface area contributed by atoms with E-state index >= 15 is 0 Å². The standard InChI is InChI=1S/C18H28ClNO/c1-3-20(4-2)14-15-21-18(12-6-5-7-13-18)16-8-10-17(19)11-9-16/h8-11H,3-7,12-15H2,1-2H3. The Morgan fingerprint density at radius 3 is 2.24 bits per heavy atom. The Bertz CT molecular complexity index is 408. The van der Waals surface area contributed by atoms with Crippen molar-refractivity contribution in [1.29, 1.82) is 0 Å². The fourth-order valence-corrected chi connectivity index (χ4v) is 3.43. The average Bonchev–Trinajstić information content (AvgIpc) is 2.53. The molecule has 21 heavy (non-hydrogen) atoms. The summed E-state index contributed by atoms with van der Waals surface area (Å²) in [7, 11) is 0. The van der Waals surface area contributed by atoms with Gasteiger partial charge in [-0.15, -0.1) is 0 Å². The van der Waals surface area contributed by atoms with Crippen LogP contribution in [0.5, 0.6) is 0 Å². The summed E-state index contributed by atoms with van der Waals surface area (Å²) >= 11 is 6.03. The van der Waals surface area contributed by atoms with E-state index in [9.17, 15) is 0 Å². The van der Waals surface area contributed by atoms with Gasteiger partial charge in [0.15, 0.2) is 0 Å². The van der Waals surface area contributed by atoms with Gasteiger partial charge in [-0.2, -0.15) is 0 Å². The molecule has 3 heteroatoms. The van der Waals surface area contributed by atoms with E-state index in [-0.39, 0.29) is 5.60 Å². The number of nitrogens with zero attached hydrogens (tertiary/aromatic N) is 1. The van der Waals surface area contributed by atoms with Crippen LogP contribution in [0.15, 0.2) is 24.3 Å². The van der Waals surface area contributed by atoms with E-state index in [0.717, 1.165) is 44.1 Å². The Kier molecular flexibility index (Phi) is 6.53. The molecule has 1 aromatic rings. The second-order valence-electron chi connectivity index (χ2n) is 5.94. The van der Waals surface area contributed by atoms with E-state index in [4.69, 9.17) is 16.3 Å². The van der Waals surface area contributed by atoms with Crippen LogP contribution >= 0.6 is 11.6 Å². The molecule has 0 heterocycles. The molecule has 1 aliphatic carbocycles. The summed E-state index contributed by atoms with van der Waals surface area (Å²) in [6.45, 7) is 8.42. The Hall–Kier alpha value is -0.570. The molecule has 0 unspecified atom stereocenters. The van der Waals surface area contributed by atoms with E-state index in [1.807, 2.05) is 12.1 Å². The third-order valence-electron chi connectivity index (χ3n) is 4.71. The number of benzene rings is 1. The fourth-order valence-electron chi connectivity index (χ4n) is 3.30. The molecule has 1 aromatic carbocycles. The van der Waals surface area contributed by atoms with Crippen LogP contribution in [-0.2, 0) is 10.3 Å². The minimum atomic E-state index is -0.0873. The van der Waals surface area contributed by atoms with Gasteiger partial charge in [-0.25, -0.2) is 0 Å². The highest BCUT2D eigenvalue weighted by atomic mass is 35.5. The molecule has 0 N–H and O–H groups in total. The first-order valence-electron chi connectivity index (χ1n) is 8.32. The van der Waals surface area contributed by atoms with Crippen molar-refractivity contribution in [3.05, 3.63) is 34.9 Å². The highest BCUT2D eigenvalue weighted by Crippen LogP contribution is 2.40. The summed E-state index contributed by atoms with van der Waals surface area (Å²) in [6.07, 6.45) is 6.11. The fraction of sp³-hybridized carbons (Fsp3) is 0.667. The van der Waals surface area contributed by atoms with Gasteiger partial charge >= 0.3 is 0 Å². The van der Waals surface area contributed by atoms with Crippen molar-refractivity contribution in [3.8, 4) is 0 Å². The third kappa shape index (κ3) is 4.45. The lowest BCUT2D eigenvalue weighted by molar-refractivity contribution is -0.0810. The largest absolute Gasteiger partial charge is 0.369 e. The summed E-state index contributed by atoms with van der Waals surface area (Å²) in [5.41, 5.74) is 1.21. The van der Waals surface area contributed by atoms with Gasteiger partial charge in [0, 0.05) is 11.6 Å². The van der Waals surface area contributed by atoms with Crippen LogP contribution in [0.1, 0.15) is 51.5 Å². The first kappa shape index (κ1) is 16.8. The zero-order valence-electron chi connectivity index (χ0n) is 13.4. The Morgan fingerprint density at radius 1 is 1.05 bits per heavy atom. The summed E-state index contributed by atoms with van der Waals surface area (Å²) in [5.74, 6) is 0. The van der Waals surface area contributed by atoms with Crippen LogP contribution in [0.3, 0.4) is 0 Å². The molecule has 0 amide bonds. The van der Waals surface area contributed by atoms with Gasteiger partial charge in [-0.1, -0.05) is 56.8 Å². The van der Waals surface area contributed by atoms with Gasteiger partial charge < -0.3 is 9.64 Å². The van der Waals surface area contributed by atoms with E-state index in [2.05, 4.69) is 30.9 Å². The molecule has 1 fully saturated rings. The molecule has 0 atom stereocenters. The number of rotatable bonds is 7. The summed E-state index contributed by atoms with van der Waals surface area (Å²) < 4.78 is 6.45. The Morgan fingerprint density at radius 2 is 1.67 bits per heavy atom. The maximum absolute atomic E-state index is 6.45. The minimum Gasteiger partial charge on any atom is -0.369 e. The first-order chi connectivity index (χ1) is 10.2. The van der Waals surface area contributed by atoms with Crippen molar-refractivity contribution < 1.29 is 4.74 Å². The Balaban J connectivity index is 2.04. The molecule has 0 aromatic heterocycles. The molecule has 1 aliphatic rings. The van der Waals surface area contributed by atoms with Gasteiger partial charge in [0.25, 0.3) is 0 Å². The zero-order valence-corrected chi connectivity index (χ0v) is 14.2. The van der Waals surface area contributed by atoms with E-state index in [1.54, 1.807) is 0 Å². The normalized spacial score (nSPS) is 18.1. The van der Waals surface area contributed by atoms with Crippen molar-refractivity contribution in [3.63, 3.8) is 0 Å². The molecule has 0 aliphatic heterocycles. The monoisotopic (exact) mass is 309 g/mol. The van der Waals surface area contributed by atoms with E-state index < -0.39 is 0 Å². The van der Waals surface area contributed by atoms with Gasteiger partial charge in [0.2, 0.25) is 0 Å². The second kappa shape index (κ2) is 8.17. The molecule has 0 radical (unpaired) electrons. The quantitative estimate of drug-likeness (QED) is 0.713. The highest BCUT2D eigenvalue weighted by molar-refractivity contribution is 6.30. The lowest BCUT2D eigenvalue weighted by Gasteiger charge is -2.38. The molecule has 0 bridgehead atoms. The summed E-state index contributed by atoms with van der Waals surface area (Å²) in [4.78, 5) is 2.42. The van der Waals surface area contributed by atoms with Gasteiger partial charge in [0.1, 0.15) is 0 Å². The van der Waals surface area contributed by atoms with Gasteiger partial charge in [-0.3, -0.25) is 0 Å². The number of ether oxygens (including phenoxy) is 1. The average molecular weight is 310 g/mol. The summed E-state index contributed by atoms with van der Waals surface area (Å²) in [6, 6.07) is 8.26. The van der Waals surface area contributed by atoms with Crippen molar-refractivity contribution in [2.45, 2.75) is 51.6 Å². The van der Waals surface area contributed by atoms with Crippen LogP contribution in [-0.4, -0.2) is 31.1 Å². The molecular weight excluding hydrogens is 282 g/mol. The summed E-state index contributed by atoms with van der Waals surface area (Å²) in [5, 5.41) is 0.799.